The molecule has 1 nitrogen and oxygen atoms in total. The SMILES string of the molecule is CNC(C)C1CCCc2c(Br)cccc21. The van der Waals surface area contributed by atoms with Crippen LogP contribution in [-0.2, 0) is 6.42 Å². The summed E-state index contributed by atoms with van der Waals surface area (Å²) in [5, 5.41) is 3.38. The zero-order chi connectivity index (χ0) is 10.8. The van der Waals surface area contributed by atoms with Gasteiger partial charge in [0.25, 0.3) is 0 Å². The summed E-state index contributed by atoms with van der Waals surface area (Å²) >= 11 is 3.66. The van der Waals surface area contributed by atoms with Crippen LogP contribution in [0.3, 0.4) is 0 Å². The average molecular weight is 268 g/mol. The summed E-state index contributed by atoms with van der Waals surface area (Å²) in [5.41, 5.74) is 3.06. The van der Waals surface area contributed by atoms with E-state index in [0.29, 0.717) is 12.0 Å². The smallest absolute Gasteiger partial charge is 0.0210 e. The van der Waals surface area contributed by atoms with Crippen molar-refractivity contribution in [3.63, 3.8) is 0 Å². The molecule has 0 radical (unpaired) electrons. The maximum atomic E-state index is 3.66. The third kappa shape index (κ3) is 2.11. The highest BCUT2D eigenvalue weighted by Gasteiger charge is 2.25. The first kappa shape index (κ1) is 11.2. The van der Waals surface area contributed by atoms with Gasteiger partial charge in [0, 0.05) is 10.5 Å². The van der Waals surface area contributed by atoms with Crippen molar-refractivity contribution in [3.8, 4) is 0 Å². The van der Waals surface area contributed by atoms with E-state index < -0.39 is 0 Å². The van der Waals surface area contributed by atoms with E-state index in [4.69, 9.17) is 0 Å². The number of fused-ring (bicyclic) bond motifs is 1. The lowest BCUT2D eigenvalue weighted by Gasteiger charge is -2.30. The number of rotatable bonds is 2. The van der Waals surface area contributed by atoms with Gasteiger partial charge in [0.1, 0.15) is 0 Å². The molecular weight excluding hydrogens is 250 g/mol. The van der Waals surface area contributed by atoms with Gasteiger partial charge in [-0.3, -0.25) is 0 Å². The first-order chi connectivity index (χ1) is 7.24. The van der Waals surface area contributed by atoms with Crippen molar-refractivity contribution in [1.29, 1.82) is 0 Å². The molecule has 82 valence electrons. The van der Waals surface area contributed by atoms with Gasteiger partial charge < -0.3 is 5.32 Å². The van der Waals surface area contributed by atoms with Gasteiger partial charge in [-0.25, -0.2) is 0 Å². The van der Waals surface area contributed by atoms with Crippen LogP contribution in [0.4, 0.5) is 0 Å². The fourth-order valence-corrected chi connectivity index (χ4v) is 3.14. The topological polar surface area (TPSA) is 12.0 Å². The quantitative estimate of drug-likeness (QED) is 0.866. The predicted octanol–water partition coefficient (Wildman–Crippen LogP) is 3.48. The van der Waals surface area contributed by atoms with Crippen LogP contribution in [-0.4, -0.2) is 13.1 Å². The van der Waals surface area contributed by atoms with Crippen molar-refractivity contribution in [2.45, 2.75) is 38.1 Å². The molecule has 2 unspecified atom stereocenters. The Morgan fingerprint density at radius 2 is 2.27 bits per heavy atom. The Balaban J connectivity index is 2.38. The lowest BCUT2D eigenvalue weighted by molar-refractivity contribution is 0.437. The first-order valence-electron chi connectivity index (χ1n) is 5.68. The second kappa shape index (κ2) is 4.67. The van der Waals surface area contributed by atoms with Crippen molar-refractivity contribution in [2.24, 2.45) is 0 Å². The highest BCUT2D eigenvalue weighted by atomic mass is 79.9. The molecule has 0 saturated heterocycles. The lowest BCUT2D eigenvalue weighted by Crippen LogP contribution is -2.31. The van der Waals surface area contributed by atoms with Crippen LogP contribution in [0.1, 0.15) is 36.8 Å². The number of likely N-dealkylation sites (N-methyl/N-ethyl adjacent to an activating group) is 1. The van der Waals surface area contributed by atoms with Crippen molar-refractivity contribution >= 4 is 15.9 Å². The molecule has 2 heteroatoms. The van der Waals surface area contributed by atoms with Crippen LogP contribution in [0.5, 0.6) is 0 Å². The second-order valence-corrected chi connectivity index (χ2v) is 5.24. The van der Waals surface area contributed by atoms with Crippen LogP contribution in [0, 0.1) is 0 Å². The molecule has 2 atom stereocenters. The minimum Gasteiger partial charge on any atom is -0.317 e. The predicted molar refractivity (Wildman–Crippen MR) is 68.3 cm³/mol. The van der Waals surface area contributed by atoms with E-state index in [2.05, 4.69) is 53.4 Å². The Hall–Kier alpha value is -0.340. The summed E-state index contributed by atoms with van der Waals surface area (Å²) < 4.78 is 1.29. The maximum absolute atomic E-state index is 3.66. The standard InChI is InChI=1S/C13H18BrN/c1-9(15-2)10-5-3-7-12-11(10)6-4-8-13(12)14/h4,6,8-10,15H,3,5,7H2,1-2H3. The fourth-order valence-electron chi connectivity index (χ4n) is 2.56. The molecule has 0 saturated carbocycles. The summed E-state index contributed by atoms with van der Waals surface area (Å²) in [4.78, 5) is 0. The molecule has 1 aliphatic carbocycles. The van der Waals surface area contributed by atoms with E-state index in [1.165, 1.54) is 34.9 Å². The Labute approximate surface area is 100 Å². The van der Waals surface area contributed by atoms with E-state index in [1.54, 1.807) is 0 Å². The Bertz CT molecular complexity index is 348. The largest absolute Gasteiger partial charge is 0.317 e. The fraction of sp³-hybridized carbons (Fsp3) is 0.538. The van der Waals surface area contributed by atoms with Gasteiger partial charge in [0.15, 0.2) is 0 Å². The van der Waals surface area contributed by atoms with Crippen LogP contribution >= 0.6 is 15.9 Å². The monoisotopic (exact) mass is 267 g/mol. The zero-order valence-corrected chi connectivity index (χ0v) is 11.0. The third-order valence-corrected chi connectivity index (χ3v) is 4.30. The molecule has 0 spiro atoms. The summed E-state index contributed by atoms with van der Waals surface area (Å²) in [6.45, 7) is 2.28. The molecule has 15 heavy (non-hydrogen) atoms. The molecule has 1 aromatic carbocycles. The zero-order valence-electron chi connectivity index (χ0n) is 9.39. The van der Waals surface area contributed by atoms with Gasteiger partial charge in [0.2, 0.25) is 0 Å². The van der Waals surface area contributed by atoms with Crippen LogP contribution in [0.2, 0.25) is 0 Å². The second-order valence-electron chi connectivity index (χ2n) is 4.38. The number of nitrogens with one attached hydrogen (secondary N) is 1. The summed E-state index contributed by atoms with van der Waals surface area (Å²) in [7, 11) is 2.05. The minimum atomic E-state index is 0.568. The average Bonchev–Trinajstić information content (AvgIpc) is 2.28. The normalized spacial score (nSPS) is 22.2. The number of halogens is 1. The van der Waals surface area contributed by atoms with Crippen LogP contribution in [0.15, 0.2) is 22.7 Å². The molecule has 1 N–H and O–H groups in total. The van der Waals surface area contributed by atoms with Crippen molar-refractivity contribution in [1.82, 2.24) is 5.32 Å². The maximum Gasteiger partial charge on any atom is 0.0210 e. The van der Waals surface area contributed by atoms with Gasteiger partial charge in [0.05, 0.1) is 0 Å². The van der Waals surface area contributed by atoms with Crippen LogP contribution in [0.25, 0.3) is 0 Å². The number of hydrogen-bond acceptors (Lipinski definition) is 1. The molecule has 0 aromatic heterocycles. The van der Waals surface area contributed by atoms with Gasteiger partial charge >= 0.3 is 0 Å². The van der Waals surface area contributed by atoms with Gasteiger partial charge in [-0.1, -0.05) is 28.1 Å². The van der Waals surface area contributed by atoms with E-state index in [0.717, 1.165) is 0 Å². The molecule has 1 aliphatic rings. The lowest BCUT2D eigenvalue weighted by atomic mass is 9.79. The Kier molecular flexibility index (Phi) is 3.47. The van der Waals surface area contributed by atoms with E-state index in [9.17, 15) is 0 Å². The van der Waals surface area contributed by atoms with Crippen LogP contribution < -0.4 is 5.32 Å². The van der Waals surface area contributed by atoms with Crippen molar-refractivity contribution in [3.05, 3.63) is 33.8 Å². The molecule has 0 fully saturated rings. The number of hydrogen-bond donors (Lipinski definition) is 1. The van der Waals surface area contributed by atoms with E-state index in [1.807, 2.05) is 0 Å². The number of benzene rings is 1. The third-order valence-electron chi connectivity index (χ3n) is 3.56. The van der Waals surface area contributed by atoms with Crippen molar-refractivity contribution in [2.75, 3.05) is 7.05 Å². The Morgan fingerprint density at radius 3 is 3.00 bits per heavy atom. The highest BCUT2D eigenvalue weighted by molar-refractivity contribution is 9.10. The van der Waals surface area contributed by atoms with Crippen molar-refractivity contribution < 1.29 is 0 Å². The molecule has 0 heterocycles. The highest BCUT2D eigenvalue weighted by Crippen LogP contribution is 2.37. The molecule has 0 aliphatic heterocycles. The van der Waals surface area contributed by atoms with E-state index in [-0.39, 0.29) is 0 Å². The molecule has 1 aromatic rings. The Morgan fingerprint density at radius 1 is 1.47 bits per heavy atom. The first-order valence-corrected chi connectivity index (χ1v) is 6.48. The minimum absolute atomic E-state index is 0.568. The summed E-state index contributed by atoms with van der Waals surface area (Å²) in [5.74, 6) is 0.677. The van der Waals surface area contributed by atoms with Gasteiger partial charge in [-0.2, -0.15) is 0 Å². The molecule has 2 rings (SSSR count). The van der Waals surface area contributed by atoms with Gasteiger partial charge in [-0.05, 0) is 56.3 Å². The summed E-state index contributed by atoms with van der Waals surface area (Å²) in [6, 6.07) is 7.17. The molecular formula is C13H18BrN. The van der Waals surface area contributed by atoms with E-state index >= 15 is 0 Å². The molecule has 0 amide bonds. The van der Waals surface area contributed by atoms with Gasteiger partial charge in [-0.15, -0.1) is 0 Å². The molecule has 0 bridgehead atoms. The summed E-state index contributed by atoms with van der Waals surface area (Å²) in [6.07, 6.45) is 3.85.